The molecule has 2 aromatic heterocycles. The molecule has 0 aliphatic heterocycles. The largest absolute Gasteiger partial charge is 0.354 e. The summed E-state index contributed by atoms with van der Waals surface area (Å²) in [5, 5.41) is 12.5. The molecule has 0 saturated heterocycles. The molecule has 2 amide bonds. The fourth-order valence-corrected chi connectivity index (χ4v) is 2.01. The van der Waals surface area contributed by atoms with Crippen LogP contribution in [0.2, 0.25) is 0 Å². The van der Waals surface area contributed by atoms with Crippen LogP contribution in [0.1, 0.15) is 0 Å². The van der Waals surface area contributed by atoms with Crippen LogP contribution in [0.25, 0.3) is 11.3 Å². The van der Waals surface area contributed by atoms with Crippen LogP contribution in [0.4, 0.5) is 25.2 Å². The predicted octanol–water partition coefficient (Wildman–Crippen LogP) is 3.45. The van der Waals surface area contributed by atoms with E-state index in [0.29, 0.717) is 5.76 Å². The first-order valence-corrected chi connectivity index (χ1v) is 7.02. The van der Waals surface area contributed by atoms with Crippen LogP contribution < -0.4 is 10.6 Å². The van der Waals surface area contributed by atoms with Gasteiger partial charge in [0, 0.05) is 23.9 Å². The van der Waals surface area contributed by atoms with Crippen molar-refractivity contribution in [2.45, 2.75) is 13.0 Å². The van der Waals surface area contributed by atoms with Gasteiger partial charge in [0.1, 0.15) is 6.54 Å². The number of rotatable bonds is 5. The van der Waals surface area contributed by atoms with Gasteiger partial charge in [-0.1, -0.05) is 35.5 Å². The van der Waals surface area contributed by atoms with Crippen LogP contribution in [0.3, 0.4) is 0 Å². The fraction of sp³-hybridized carbons (Fsp3) is 0.133. The van der Waals surface area contributed by atoms with E-state index in [4.69, 9.17) is 4.52 Å². The SMILES string of the molecule is O=C(Nc1cc(-c2ccccc2)on1)Nc1ccn(CC(F)F)n1. The summed E-state index contributed by atoms with van der Waals surface area (Å²) in [4.78, 5) is 11.9. The maximum Gasteiger partial charge on any atom is 0.326 e. The number of hydrogen-bond acceptors (Lipinski definition) is 4. The van der Waals surface area contributed by atoms with Gasteiger partial charge >= 0.3 is 6.03 Å². The minimum absolute atomic E-state index is 0.153. The lowest BCUT2D eigenvalue weighted by Gasteiger charge is -2.02. The first-order valence-electron chi connectivity index (χ1n) is 7.02. The molecular weight excluding hydrogens is 320 g/mol. The number of hydrogen-bond donors (Lipinski definition) is 2. The summed E-state index contributed by atoms with van der Waals surface area (Å²) >= 11 is 0. The van der Waals surface area contributed by atoms with E-state index in [-0.39, 0.29) is 11.6 Å². The molecule has 0 aliphatic rings. The van der Waals surface area contributed by atoms with Crippen LogP contribution in [0.15, 0.2) is 53.2 Å². The van der Waals surface area contributed by atoms with Gasteiger partial charge in [0.2, 0.25) is 0 Å². The topological polar surface area (TPSA) is 85.0 Å². The number of benzene rings is 1. The average molecular weight is 333 g/mol. The third kappa shape index (κ3) is 3.94. The molecule has 3 rings (SSSR count). The molecule has 0 fully saturated rings. The van der Waals surface area contributed by atoms with Crippen molar-refractivity contribution in [3.05, 3.63) is 48.7 Å². The van der Waals surface area contributed by atoms with E-state index in [2.05, 4.69) is 20.9 Å². The Hall–Kier alpha value is -3.23. The Morgan fingerprint density at radius 3 is 2.67 bits per heavy atom. The number of anilines is 2. The molecular formula is C15H13F2N5O2. The highest BCUT2D eigenvalue weighted by atomic mass is 19.3. The highest BCUT2D eigenvalue weighted by Crippen LogP contribution is 2.21. The van der Waals surface area contributed by atoms with Gasteiger partial charge in [0.25, 0.3) is 6.43 Å². The van der Waals surface area contributed by atoms with Gasteiger partial charge in [0.05, 0.1) is 0 Å². The molecule has 0 saturated carbocycles. The summed E-state index contributed by atoms with van der Waals surface area (Å²) < 4.78 is 30.7. The van der Waals surface area contributed by atoms with Crippen LogP contribution >= 0.6 is 0 Å². The zero-order valence-electron chi connectivity index (χ0n) is 12.3. The summed E-state index contributed by atoms with van der Waals surface area (Å²) in [5.74, 6) is 0.880. The van der Waals surface area contributed by atoms with E-state index in [1.165, 1.54) is 12.3 Å². The van der Waals surface area contributed by atoms with Crippen molar-refractivity contribution in [3.8, 4) is 11.3 Å². The molecule has 24 heavy (non-hydrogen) atoms. The van der Waals surface area contributed by atoms with Gasteiger partial charge in [-0.25, -0.2) is 13.6 Å². The highest BCUT2D eigenvalue weighted by Gasteiger charge is 2.11. The highest BCUT2D eigenvalue weighted by molar-refractivity contribution is 5.98. The zero-order valence-corrected chi connectivity index (χ0v) is 12.3. The molecule has 1 aromatic carbocycles. The summed E-state index contributed by atoms with van der Waals surface area (Å²) in [6, 6.07) is 11.7. The molecule has 3 aromatic rings. The van der Waals surface area contributed by atoms with Crippen LogP contribution in [0.5, 0.6) is 0 Å². The lowest BCUT2D eigenvalue weighted by atomic mass is 10.2. The Morgan fingerprint density at radius 1 is 1.17 bits per heavy atom. The maximum absolute atomic E-state index is 12.2. The van der Waals surface area contributed by atoms with E-state index in [0.717, 1.165) is 10.2 Å². The van der Waals surface area contributed by atoms with Crippen molar-refractivity contribution in [2.24, 2.45) is 0 Å². The van der Waals surface area contributed by atoms with Crippen molar-refractivity contribution in [3.63, 3.8) is 0 Å². The first-order chi connectivity index (χ1) is 11.6. The molecule has 9 heteroatoms. The Balaban J connectivity index is 1.59. The van der Waals surface area contributed by atoms with Crippen molar-refractivity contribution in [2.75, 3.05) is 10.6 Å². The van der Waals surface area contributed by atoms with E-state index in [1.54, 1.807) is 6.07 Å². The van der Waals surface area contributed by atoms with Crippen LogP contribution in [-0.2, 0) is 6.54 Å². The van der Waals surface area contributed by atoms with E-state index in [1.807, 2.05) is 30.3 Å². The molecule has 124 valence electrons. The smallest absolute Gasteiger partial charge is 0.326 e. The molecule has 0 radical (unpaired) electrons. The van der Waals surface area contributed by atoms with Crippen molar-refractivity contribution in [1.29, 1.82) is 0 Å². The minimum Gasteiger partial charge on any atom is -0.354 e. The molecule has 0 atom stereocenters. The van der Waals surface area contributed by atoms with Gasteiger partial charge in [-0.2, -0.15) is 5.10 Å². The predicted molar refractivity (Wildman–Crippen MR) is 82.8 cm³/mol. The Bertz CT molecular complexity index is 816. The number of alkyl halides is 2. The van der Waals surface area contributed by atoms with Crippen LogP contribution in [-0.4, -0.2) is 27.4 Å². The van der Waals surface area contributed by atoms with Gasteiger partial charge < -0.3 is 4.52 Å². The van der Waals surface area contributed by atoms with Gasteiger partial charge in [-0.15, -0.1) is 0 Å². The zero-order chi connectivity index (χ0) is 16.9. The lowest BCUT2D eigenvalue weighted by Crippen LogP contribution is -2.20. The minimum atomic E-state index is -2.52. The van der Waals surface area contributed by atoms with Crippen molar-refractivity contribution in [1.82, 2.24) is 14.9 Å². The number of amides is 2. The number of halogens is 2. The number of carbonyl (C=O) groups excluding carboxylic acids is 1. The Morgan fingerprint density at radius 2 is 1.92 bits per heavy atom. The average Bonchev–Trinajstić information content (AvgIpc) is 3.17. The Labute approximate surface area is 135 Å². The number of urea groups is 1. The summed E-state index contributed by atoms with van der Waals surface area (Å²) in [7, 11) is 0. The number of aromatic nitrogens is 3. The monoisotopic (exact) mass is 333 g/mol. The van der Waals surface area contributed by atoms with Gasteiger partial charge in [0.15, 0.2) is 17.4 Å². The van der Waals surface area contributed by atoms with E-state index in [9.17, 15) is 13.6 Å². The van der Waals surface area contributed by atoms with Gasteiger partial charge in [-0.3, -0.25) is 15.3 Å². The second kappa shape index (κ2) is 6.90. The first kappa shape index (κ1) is 15.7. The number of nitrogens with one attached hydrogen (secondary N) is 2. The number of nitrogens with zero attached hydrogens (tertiary/aromatic N) is 3. The molecule has 0 aliphatic carbocycles. The molecule has 0 bridgehead atoms. The molecule has 0 spiro atoms. The quantitative estimate of drug-likeness (QED) is 0.749. The van der Waals surface area contributed by atoms with E-state index >= 15 is 0 Å². The second-order valence-electron chi connectivity index (χ2n) is 4.84. The molecule has 2 heterocycles. The maximum atomic E-state index is 12.2. The lowest BCUT2D eigenvalue weighted by molar-refractivity contribution is 0.122. The van der Waals surface area contributed by atoms with Crippen LogP contribution in [0, 0.1) is 0 Å². The third-order valence-corrected chi connectivity index (χ3v) is 3.02. The van der Waals surface area contributed by atoms with Gasteiger partial charge in [-0.05, 0) is 0 Å². The summed E-state index contributed by atoms with van der Waals surface area (Å²) in [6.07, 6.45) is -1.16. The number of carbonyl (C=O) groups is 1. The van der Waals surface area contributed by atoms with Crippen molar-refractivity contribution >= 4 is 17.7 Å². The normalized spacial score (nSPS) is 10.8. The van der Waals surface area contributed by atoms with E-state index < -0.39 is 19.0 Å². The Kier molecular flexibility index (Phi) is 4.50. The summed E-state index contributed by atoms with van der Waals surface area (Å²) in [5.41, 5.74) is 0.823. The fourth-order valence-electron chi connectivity index (χ4n) is 2.01. The standard InChI is InChI=1S/C15H13F2N5O2/c16-12(17)9-22-7-6-13(20-22)18-15(23)19-14-8-11(24-21-14)10-4-2-1-3-5-10/h1-8,12H,9H2,(H2,18,19,20,21,23). The molecule has 0 unspecified atom stereocenters. The molecule has 2 N–H and O–H groups in total. The molecule has 7 nitrogen and oxygen atoms in total. The summed E-state index contributed by atoms with van der Waals surface area (Å²) in [6.45, 7) is -0.535. The third-order valence-electron chi connectivity index (χ3n) is 3.02. The van der Waals surface area contributed by atoms with Crippen molar-refractivity contribution < 1.29 is 18.1 Å². The second-order valence-corrected chi connectivity index (χ2v) is 4.84.